The van der Waals surface area contributed by atoms with Crippen LogP contribution >= 0.6 is 0 Å². The highest BCUT2D eigenvalue weighted by atomic mass is 19.1. The van der Waals surface area contributed by atoms with E-state index in [1.54, 1.807) is 0 Å². The van der Waals surface area contributed by atoms with E-state index in [1.165, 1.54) is 6.20 Å². The van der Waals surface area contributed by atoms with E-state index < -0.39 is 11.6 Å². The van der Waals surface area contributed by atoms with Gasteiger partial charge in [-0.2, -0.15) is 0 Å². The number of imidazole rings is 1. The molecule has 1 aromatic heterocycles. The van der Waals surface area contributed by atoms with Crippen molar-refractivity contribution in [2.45, 2.75) is 19.4 Å². The van der Waals surface area contributed by atoms with Crippen molar-refractivity contribution in [1.29, 1.82) is 0 Å². The van der Waals surface area contributed by atoms with Crippen LogP contribution in [0.25, 0.3) is 11.3 Å². The van der Waals surface area contributed by atoms with E-state index in [-0.39, 0.29) is 11.1 Å². The molecular weight excluding hydrogens is 236 g/mol. The van der Waals surface area contributed by atoms with Crippen molar-refractivity contribution >= 4 is 0 Å². The second-order valence-electron chi connectivity index (χ2n) is 4.64. The topological polar surface area (TPSA) is 40.7 Å². The van der Waals surface area contributed by atoms with E-state index >= 15 is 0 Å². The molecule has 0 amide bonds. The third-order valence-corrected chi connectivity index (χ3v) is 3.01. The Morgan fingerprint density at radius 2 is 2.00 bits per heavy atom. The molecule has 0 atom stereocenters. The largest absolute Gasteiger partial charge is 0.340 e. The molecule has 0 fully saturated rings. The highest BCUT2D eigenvalue weighted by Gasteiger charge is 2.22. The molecule has 3 nitrogen and oxygen atoms in total. The summed E-state index contributed by atoms with van der Waals surface area (Å²) in [7, 11) is 1.81. The van der Waals surface area contributed by atoms with Crippen molar-refractivity contribution in [2.24, 2.45) is 0 Å². The molecule has 2 N–H and O–H groups in total. The van der Waals surface area contributed by atoms with Crippen molar-refractivity contribution in [2.75, 3.05) is 7.05 Å². The number of hydrogen-bond donors (Lipinski definition) is 2. The van der Waals surface area contributed by atoms with Crippen LogP contribution in [0.2, 0.25) is 0 Å². The third-order valence-electron chi connectivity index (χ3n) is 3.01. The summed E-state index contributed by atoms with van der Waals surface area (Å²) in [6.07, 6.45) is 1.51. The van der Waals surface area contributed by atoms with Crippen LogP contribution in [0, 0.1) is 11.6 Å². The van der Waals surface area contributed by atoms with Crippen molar-refractivity contribution in [1.82, 2.24) is 15.3 Å². The summed E-state index contributed by atoms with van der Waals surface area (Å²) in [5, 5.41) is 3.09. The summed E-state index contributed by atoms with van der Waals surface area (Å²) < 4.78 is 26.7. The number of benzene rings is 1. The maximum Gasteiger partial charge on any atom is 0.132 e. The monoisotopic (exact) mass is 251 g/mol. The van der Waals surface area contributed by atoms with Crippen LogP contribution in [0.4, 0.5) is 8.78 Å². The lowest BCUT2D eigenvalue weighted by atomic mass is 10.1. The van der Waals surface area contributed by atoms with Gasteiger partial charge >= 0.3 is 0 Å². The minimum atomic E-state index is -0.478. The molecule has 1 aromatic carbocycles. The van der Waals surface area contributed by atoms with Gasteiger partial charge < -0.3 is 10.3 Å². The number of aromatic amines is 1. The lowest BCUT2D eigenvalue weighted by molar-refractivity contribution is 0.421. The molecule has 0 saturated carbocycles. The van der Waals surface area contributed by atoms with E-state index in [9.17, 15) is 8.78 Å². The average molecular weight is 251 g/mol. The fourth-order valence-electron chi connectivity index (χ4n) is 1.60. The fraction of sp³-hybridized carbons (Fsp3) is 0.308. The maximum absolute atomic E-state index is 13.6. The quantitative estimate of drug-likeness (QED) is 0.880. The lowest BCUT2D eigenvalue weighted by Crippen LogP contribution is -2.34. The molecule has 2 rings (SSSR count). The van der Waals surface area contributed by atoms with E-state index in [0.717, 1.165) is 18.2 Å². The van der Waals surface area contributed by atoms with Crippen LogP contribution in [-0.4, -0.2) is 17.0 Å². The molecular formula is C13H15F2N3. The van der Waals surface area contributed by atoms with Gasteiger partial charge in [-0.15, -0.1) is 0 Å². The zero-order valence-corrected chi connectivity index (χ0v) is 10.5. The number of aromatic nitrogens is 2. The number of halogens is 2. The van der Waals surface area contributed by atoms with Crippen molar-refractivity contribution < 1.29 is 8.78 Å². The predicted molar refractivity (Wildman–Crippen MR) is 66.0 cm³/mol. The molecule has 0 spiro atoms. The zero-order chi connectivity index (χ0) is 13.3. The first-order valence-corrected chi connectivity index (χ1v) is 5.64. The first kappa shape index (κ1) is 12.7. The predicted octanol–water partition coefficient (Wildman–Crippen LogP) is 2.81. The molecule has 0 saturated heterocycles. The van der Waals surface area contributed by atoms with Crippen LogP contribution in [0.1, 0.15) is 19.7 Å². The van der Waals surface area contributed by atoms with E-state index in [2.05, 4.69) is 15.3 Å². The van der Waals surface area contributed by atoms with Crippen molar-refractivity contribution in [3.05, 3.63) is 41.9 Å². The van der Waals surface area contributed by atoms with Gasteiger partial charge in [0.2, 0.25) is 0 Å². The first-order chi connectivity index (χ1) is 8.44. The molecule has 0 aliphatic rings. The lowest BCUT2D eigenvalue weighted by Gasteiger charge is -2.20. The highest BCUT2D eigenvalue weighted by molar-refractivity contribution is 5.59. The number of rotatable bonds is 3. The molecule has 0 radical (unpaired) electrons. The van der Waals surface area contributed by atoms with Gasteiger partial charge in [-0.3, -0.25) is 0 Å². The molecule has 0 unspecified atom stereocenters. The molecule has 96 valence electrons. The molecule has 2 aromatic rings. The second kappa shape index (κ2) is 4.49. The van der Waals surface area contributed by atoms with Gasteiger partial charge in [0.05, 0.1) is 17.4 Å². The molecule has 5 heteroatoms. The van der Waals surface area contributed by atoms with Crippen LogP contribution in [0.15, 0.2) is 24.4 Å². The van der Waals surface area contributed by atoms with E-state index in [1.807, 2.05) is 20.9 Å². The smallest absolute Gasteiger partial charge is 0.132 e. The molecule has 0 aliphatic heterocycles. The van der Waals surface area contributed by atoms with Gasteiger partial charge in [-0.05, 0) is 39.1 Å². The summed E-state index contributed by atoms with van der Waals surface area (Å²) in [5.74, 6) is -0.284. The van der Waals surface area contributed by atoms with Gasteiger partial charge in [0.25, 0.3) is 0 Å². The second-order valence-corrected chi connectivity index (χ2v) is 4.64. The Labute approximate surface area is 104 Å². The summed E-state index contributed by atoms with van der Waals surface area (Å²) in [6.45, 7) is 3.88. The molecule has 0 aliphatic carbocycles. The summed E-state index contributed by atoms with van der Waals surface area (Å²) in [5.41, 5.74) is 0.285. The van der Waals surface area contributed by atoms with Gasteiger partial charge in [-0.1, -0.05) is 0 Å². The molecule has 1 heterocycles. The Morgan fingerprint density at radius 1 is 1.28 bits per heavy atom. The Hall–Kier alpha value is -1.75. The zero-order valence-electron chi connectivity index (χ0n) is 10.5. The van der Waals surface area contributed by atoms with Crippen LogP contribution in [-0.2, 0) is 5.54 Å². The van der Waals surface area contributed by atoms with Gasteiger partial charge in [0, 0.05) is 5.56 Å². The minimum absolute atomic E-state index is 0.181. The Balaban J connectivity index is 2.44. The summed E-state index contributed by atoms with van der Waals surface area (Å²) in [4.78, 5) is 7.21. The standard InChI is InChI=1S/C13H15F2N3/c1-13(2,16-3)12-17-7-11(18-12)9-6-8(14)4-5-10(9)15/h4-7,16H,1-3H3,(H,17,18). The molecule has 18 heavy (non-hydrogen) atoms. The average Bonchev–Trinajstić information content (AvgIpc) is 2.82. The highest BCUT2D eigenvalue weighted by Crippen LogP contribution is 2.24. The van der Waals surface area contributed by atoms with Crippen LogP contribution in [0.5, 0.6) is 0 Å². The number of H-pyrrole nitrogens is 1. The maximum atomic E-state index is 13.6. The Bertz CT molecular complexity index is 561. The van der Waals surface area contributed by atoms with E-state index in [4.69, 9.17) is 0 Å². The number of hydrogen-bond acceptors (Lipinski definition) is 2. The minimum Gasteiger partial charge on any atom is -0.340 e. The van der Waals surface area contributed by atoms with Crippen LogP contribution < -0.4 is 5.32 Å². The fourth-order valence-corrected chi connectivity index (χ4v) is 1.60. The van der Waals surface area contributed by atoms with Gasteiger partial charge in [-0.25, -0.2) is 13.8 Å². The van der Waals surface area contributed by atoms with Gasteiger partial charge in [0.1, 0.15) is 17.5 Å². The normalized spacial score (nSPS) is 11.8. The number of nitrogens with one attached hydrogen (secondary N) is 2. The number of nitrogens with zero attached hydrogens (tertiary/aromatic N) is 1. The van der Waals surface area contributed by atoms with E-state index in [0.29, 0.717) is 11.5 Å². The van der Waals surface area contributed by atoms with Gasteiger partial charge in [0.15, 0.2) is 0 Å². The van der Waals surface area contributed by atoms with Crippen molar-refractivity contribution in [3.8, 4) is 11.3 Å². The molecule has 0 bridgehead atoms. The Morgan fingerprint density at radius 3 is 2.67 bits per heavy atom. The Kier molecular flexibility index (Phi) is 3.17. The first-order valence-electron chi connectivity index (χ1n) is 5.64. The SMILES string of the molecule is CNC(C)(C)c1ncc(-c2cc(F)ccc2F)[nH]1. The summed E-state index contributed by atoms with van der Waals surface area (Å²) in [6, 6.07) is 3.35. The third kappa shape index (κ3) is 2.26. The summed E-state index contributed by atoms with van der Waals surface area (Å²) >= 11 is 0. The van der Waals surface area contributed by atoms with Crippen LogP contribution in [0.3, 0.4) is 0 Å². The van der Waals surface area contributed by atoms with Crippen molar-refractivity contribution in [3.63, 3.8) is 0 Å².